The first-order valence-corrected chi connectivity index (χ1v) is 9.91. The monoisotopic (exact) mass is 376 g/mol. The van der Waals surface area contributed by atoms with E-state index in [1.165, 1.54) is 25.7 Å². The van der Waals surface area contributed by atoms with Gasteiger partial charge in [0.15, 0.2) is 5.96 Å². The Morgan fingerprint density at radius 1 is 0.889 bits per heavy atom. The van der Waals surface area contributed by atoms with Crippen molar-refractivity contribution in [1.29, 1.82) is 10.8 Å². The molecular formula is C20H36N6O. The van der Waals surface area contributed by atoms with Crippen LogP contribution in [0.2, 0.25) is 0 Å². The summed E-state index contributed by atoms with van der Waals surface area (Å²) in [6.45, 7) is 3.63. The number of benzene rings is 1. The van der Waals surface area contributed by atoms with Crippen molar-refractivity contribution in [2.75, 3.05) is 33.3 Å². The Labute approximate surface area is 163 Å². The Bertz CT molecular complexity index is 532. The number of guanidine groups is 1. The summed E-state index contributed by atoms with van der Waals surface area (Å²) in [6.07, 6.45) is 8.11. The molecule has 0 radical (unpaired) electrons. The van der Waals surface area contributed by atoms with E-state index in [0.29, 0.717) is 5.84 Å². The average molecular weight is 377 g/mol. The predicted octanol–water partition coefficient (Wildman–Crippen LogP) is 2.41. The van der Waals surface area contributed by atoms with Crippen LogP contribution in [0.4, 0.5) is 0 Å². The van der Waals surface area contributed by atoms with E-state index in [9.17, 15) is 0 Å². The van der Waals surface area contributed by atoms with Crippen LogP contribution in [0.25, 0.3) is 0 Å². The van der Waals surface area contributed by atoms with Gasteiger partial charge in [-0.2, -0.15) is 0 Å². The summed E-state index contributed by atoms with van der Waals surface area (Å²) in [5, 5.41) is 23.9. The van der Waals surface area contributed by atoms with Crippen LogP contribution in [0.1, 0.15) is 50.5 Å². The van der Waals surface area contributed by atoms with Gasteiger partial charge in [-0.15, -0.1) is 0 Å². The third-order valence-corrected chi connectivity index (χ3v) is 4.26. The number of unbranched alkanes of at least 4 members (excludes halogenated alkanes) is 5. The molecule has 0 saturated heterocycles. The summed E-state index contributed by atoms with van der Waals surface area (Å²) in [4.78, 5) is 0. The lowest BCUT2D eigenvalue weighted by Crippen LogP contribution is -2.30. The Kier molecular flexibility index (Phi) is 12.5. The summed E-state index contributed by atoms with van der Waals surface area (Å²) in [7, 11) is 1.75. The summed E-state index contributed by atoms with van der Waals surface area (Å²) in [5.41, 5.74) is 6.09. The maximum atomic E-state index is 7.70. The second-order valence-electron chi connectivity index (χ2n) is 6.56. The van der Waals surface area contributed by atoms with Crippen LogP contribution in [0.15, 0.2) is 24.3 Å². The van der Waals surface area contributed by atoms with E-state index < -0.39 is 0 Å². The van der Waals surface area contributed by atoms with Gasteiger partial charge >= 0.3 is 0 Å². The molecule has 0 aromatic heterocycles. The average Bonchev–Trinajstić information content (AvgIpc) is 2.67. The molecule has 0 spiro atoms. The number of hydrogen-bond acceptors (Lipinski definition) is 4. The number of nitrogens with two attached hydrogens (primary N) is 1. The number of amidine groups is 1. The minimum Gasteiger partial charge on any atom is -0.494 e. The van der Waals surface area contributed by atoms with E-state index in [1.54, 1.807) is 7.05 Å². The number of rotatable bonds is 15. The molecule has 0 unspecified atom stereocenters. The van der Waals surface area contributed by atoms with Crippen LogP contribution in [0.3, 0.4) is 0 Å². The van der Waals surface area contributed by atoms with Gasteiger partial charge in [-0.1, -0.05) is 19.3 Å². The topological polar surface area (TPSA) is 119 Å². The molecular weight excluding hydrogens is 340 g/mol. The molecule has 1 aromatic rings. The normalized spacial score (nSPS) is 10.4. The minimum atomic E-state index is 0.0633. The van der Waals surface area contributed by atoms with Crippen LogP contribution in [-0.2, 0) is 0 Å². The van der Waals surface area contributed by atoms with Gasteiger partial charge in [-0.3, -0.25) is 10.8 Å². The number of hydrogen-bond donors (Lipinski definition) is 6. The van der Waals surface area contributed by atoms with E-state index in [4.69, 9.17) is 21.3 Å². The number of nitrogens with one attached hydrogen (secondary N) is 5. The van der Waals surface area contributed by atoms with Crippen molar-refractivity contribution < 1.29 is 4.74 Å². The Morgan fingerprint density at radius 2 is 1.48 bits per heavy atom. The molecule has 1 rings (SSSR count). The molecule has 0 heterocycles. The zero-order valence-electron chi connectivity index (χ0n) is 16.6. The predicted molar refractivity (Wildman–Crippen MR) is 113 cm³/mol. The minimum absolute atomic E-state index is 0.0633. The zero-order valence-corrected chi connectivity index (χ0v) is 16.6. The van der Waals surface area contributed by atoms with Crippen molar-refractivity contribution in [1.82, 2.24) is 16.0 Å². The van der Waals surface area contributed by atoms with Crippen molar-refractivity contribution in [3.05, 3.63) is 29.8 Å². The molecule has 0 atom stereocenters. The van der Waals surface area contributed by atoms with Crippen LogP contribution >= 0.6 is 0 Å². The van der Waals surface area contributed by atoms with Crippen molar-refractivity contribution in [3.63, 3.8) is 0 Å². The van der Waals surface area contributed by atoms with Crippen molar-refractivity contribution in [2.45, 2.75) is 44.9 Å². The lowest BCUT2D eigenvalue weighted by molar-refractivity contribution is 0.305. The first-order valence-electron chi connectivity index (χ1n) is 9.91. The van der Waals surface area contributed by atoms with Gasteiger partial charge in [0.2, 0.25) is 0 Å². The van der Waals surface area contributed by atoms with E-state index in [-0.39, 0.29) is 5.96 Å². The highest BCUT2D eigenvalue weighted by Crippen LogP contribution is 2.12. The summed E-state index contributed by atoms with van der Waals surface area (Å²) < 4.78 is 5.74. The molecule has 7 N–H and O–H groups in total. The van der Waals surface area contributed by atoms with Crippen molar-refractivity contribution >= 4 is 11.8 Å². The van der Waals surface area contributed by atoms with Crippen LogP contribution in [-0.4, -0.2) is 45.1 Å². The van der Waals surface area contributed by atoms with Crippen LogP contribution < -0.4 is 26.4 Å². The molecule has 7 nitrogen and oxygen atoms in total. The molecule has 0 aliphatic rings. The highest BCUT2D eigenvalue weighted by molar-refractivity contribution is 5.96. The summed E-state index contributed by atoms with van der Waals surface area (Å²) in [6, 6.07) is 7.62. The molecule has 0 saturated carbocycles. The Morgan fingerprint density at radius 3 is 2.11 bits per heavy atom. The molecule has 0 amide bonds. The molecule has 152 valence electrons. The fraction of sp³-hybridized carbons (Fsp3) is 0.600. The molecule has 1 aromatic carbocycles. The lowest BCUT2D eigenvalue weighted by atomic mass is 10.1. The SMILES string of the molecule is CNC(=N)c1ccc(OCCCCNCCCCCCCNC(=N)N)cc1. The maximum Gasteiger partial charge on any atom is 0.185 e. The van der Waals surface area contributed by atoms with Gasteiger partial charge in [0, 0.05) is 19.2 Å². The standard InChI is InChI=1S/C20H36N6O/c1-24-19(21)17-9-11-18(12-10-17)27-16-8-7-14-25-13-5-3-2-4-6-15-26-20(22)23/h9-12,25H,2-8,13-16H2,1H3,(H2,21,24)(H4,22,23,26). The summed E-state index contributed by atoms with van der Waals surface area (Å²) in [5.74, 6) is 1.33. The highest BCUT2D eigenvalue weighted by Gasteiger charge is 1.99. The van der Waals surface area contributed by atoms with Crippen molar-refractivity contribution in [2.24, 2.45) is 5.73 Å². The Hall–Kier alpha value is -2.28. The van der Waals surface area contributed by atoms with Gasteiger partial charge in [-0.25, -0.2) is 0 Å². The highest BCUT2D eigenvalue weighted by atomic mass is 16.5. The van der Waals surface area contributed by atoms with E-state index in [1.807, 2.05) is 24.3 Å². The summed E-state index contributed by atoms with van der Waals surface area (Å²) >= 11 is 0. The van der Waals surface area contributed by atoms with Gasteiger partial charge in [0.05, 0.1) is 6.61 Å². The van der Waals surface area contributed by atoms with E-state index in [0.717, 1.165) is 56.8 Å². The Balaban J connectivity index is 1.88. The number of ether oxygens (including phenoxy) is 1. The van der Waals surface area contributed by atoms with Gasteiger partial charge in [-0.05, 0) is 63.0 Å². The zero-order chi connectivity index (χ0) is 19.7. The second-order valence-corrected chi connectivity index (χ2v) is 6.56. The fourth-order valence-electron chi connectivity index (χ4n) is 2.66. The first kappa shape index (κ1) is 22.8. The van der Waals surface area contributed by atoms with E-state index in [2.05, 4.69) is 16.0 Å². The molecule has 7 heteroatoms. The molecule has 0 bridgehead atoms. The lowest BCUT2D eigenvalue weighted by Gasteiger charge is -2.08. The van der Waals surface area contributed by atoms with E-state index >= 15 is 0 Å². The van der Waals surface area contributed by atoms with Gasteiger partial charge in [0.1, 0.15) is 11.6 Å². The quantitative estimate of drug-likeness (QED) is 0.160. The largest absolute Gasteiger partial charge is 0.494 e. The van der Waals surface area contributed by atoms with Crippen LogP contribution in [0.5, 0.6) is 5.75 Å². The van der Waals surface area contributed by atoms with Crippen LogP contribution in [0, 0.1) is 10.8 Å². The molecule has 0 fully saturated rings. The third-order valence-electron chi connectivity index (χ3n) is 4.26. The molecule has 0 aliphatic heterocycles. The van der Waals surface area contributed by atoms with Gasteiger partial charge < -0.3 is 26.4 Å². The first-order chi connectivity index (χ1) is 13.1. The molecule has 27 heavy (non-hydrogen) atoms. The fourth-order valence-corrected chi connectivity index (χ4v) is 2.66. The maximum absolute atomic E-state index is 7.70. The smallest absolute Gasteiger partial charge is 0.185 e. The van der Waals surface area contributed by atoms with Gasteiger partial charge in [0.25, 0.3) is 0 Å². The molecule has 0 aliphatic carbocycles. The third kappa shape index (κ3) is 11.9. The van der Waals surface area contributed by atoms with Crippen molar-refractivity contribution in [3.8, 4) is 5.75 Å². The second kappa shape index (κ2) is 14.8.